The van der Waals surface area contributed by atoms with Gasteiger partial charge in [-0.1, -0.05) is 29.4 Å². The van der Waals surface area contributed by atoms with E-state index in [-0.39, 0.29) is 0 Å². The number of carbonyl (C=O) groups excluding carboxylic acids is 1. The minimum Gasteiger partial charge on any atom is -0.307 e. The molecule has 87 valence electrons. The number of benzene rings is 1. The van der Waals surface area contributed by atoms with Gasteiger partial charge in [-0.3, -0.25) is 4.98 Å². The van der Waals surface area contributed by atoms with Gasteiger partial charge in [-0.2, -0.15) is 5.11 Å². The molecule has 1 aliphatic rings. The van der Waals surface area contributed by atoms with E-state index in [9.17, 15) is 4.79 Å². The number of pyridine rings is 1. The van der Waals surface area contributed by atoms with Crippen molar-refractivity contribution in [3.05, 3.63) is 54.2 Å². The number of amides is 2. The maximum absolute atomic E-state index is 11.1. The number of nitrogens with one attached hydrogen (secondary N) is 1. The molecular weight excluding hydrogens is 228 g/mol. The quantitative estimate of drug-likeness (QED) is 0.872. The third-order valence-electron chi connectivity index (χ3n) is 2.63. The second-order valence-electron chi connectivity index (χ2n) is 3.78. The molecule has 5 heteroatoms. The van der Waals surface area contributed by atoms with E-state index in [0.717, 1.165) is 16.8 Å². The molecule has 0 bridgehead atoms. The summed E-state index contributed by atoms with van der Waals surface area (Å²) in [6.45, 7) is 0. The maximum atomic E-state index is 11.1. The number of nitrogens with zero attached hydrogens (tertiary/aromatic N) is 3. The first-order chi connectivity index (χ1) is 8.84. The van der Waals surface area contributed by atoms with Gasteiger partial charge in [0, 0.05) is 17.3 Å². The highest BCUT2D eigenvalue weighted by Gasteiger charge is 2.22. The molecule has 0 saturated carbocycles. The van der Waals surface area contributed by atoms with Crippen molar-refractivity contribution in [3.8, 4) is 11.3 Å². The average molecular weight is 237 g/mol. The molecule has 1 aromatic heterocycles. The molecule has 1 aromatic carbocycles. The van der Waals surface area contributed by atoms with Crippen LogP contribution in [0.5, 0.6) is 0 Å². The van der Waals surface area contributed by atoms with Crippen molar-refractivity contribution in [3.63, 3.8) is 0 Å². The van der Waals surface area contributed by atoms with E-state index in [0.29, 0.717) is 0 Å². The average Bonchev–Trinajstić information content (AvgIpc) is 2.86. The highest BCUT2D eigenvalue weighted by Crippen LogP contribution is 2.28. The van der Waals surface area contributed by atoms with Crippen LogP contribution in [0.1, 0.15) is 11.7 Å². The predicted molar refractivity (Wildman–Crippen MR) is 64.6 cm³/mol. The summed E-state index contributed by atoms with van der Waals surface area (Å²) in [5, 5.41) is 10.0. The molecular formula is C13H9N4O. The van der Waals surface area contributed by atoms with E-state index < -0.39 is 12.2 Å². The van der Waals surface area contributed by atoms with Gasteiger partial charge in [-0.15, -0.1) is 0 Å². The zero-order valence-electron chi connectivity index (χ0n) is 9.37. The van der Waals surface area contributed by atoms with Gasteiger partial charge in [0.25, 0.3) is 0 Å². The fraction of sp³-hybridized carbons (Fsp3) is 0.0769. The molecule has 3 rings (SSSR count). The molecule has 0 aliphatic carbocycles. The molecule has 1 atom stereocenters. The largest absolute Gasteiger partial charge is 0.361 e. The molecule has 1 radical (unpaired) electrons. The molecule has 0 spiro atoms. The second-order valence-corrected chi connectivity index (χ2v) is 3.78. The summed E-state index contributed by atoms with van der Waals surface area (Å²) in [4.78, 5) is 15.4. The number of urea groups is 1. The zero-order chi connectivity index (χ0) is 12.4. The summed E-state index contributed by atoms with van der Waals surface area (Å²) in [7, 11) is 0. The number of aromatic nitrogens is 1. The normalized spacial score (nSPS) is 17.8. The van der Waals surface area contributed by atoms with E-state index in [1.807, 2.05) is 30.3 Å². The summed E-state index contributed by atoms with van der Waals surface area (Å²) in [5.74, 6) is 0. The van der Waals surface area contributed by atoms with E-state index >= 15 is 0 Å². The van der Waals surface area contributed by atoms with Gasteiger partial charge in [0.1, 0.15) is 0 Å². The highest BCUT2D eigenvalue weighted by atomic mass is 16.2. The van der Waals surface area contributed by atoms with E-state index in [1.165, 1.54) is 0 Å². The third-order valence-corrected chi connectivity index (χ3v) is 2.63. The van der Waals surface area contributed by atoms with E-state index in [1.54, 1.807) is 12.3 Å². The van der Waals surface area contributed by atoms with Crippen LogP contribution in [-0.4, -0.2) is 11.0 Å². The van der Waals surface area contributed by atoms with Crippen LogP contribution in [0, 0.1) is 6.07 Å². The number of hydrogen-bond donors (Lipinski definition) is 1. The summed E-state index contributed by atoms with van der Waals surface area (Å²) in [6, 6.07) is 13.9. The van der Waals surface area contributed by atoms with Gasteiger partial charge in [-0.25, -0.2) is 4.79 Å². The Morgan fingerprint density at radius 2 is 2.17 bits per heavy atom. The van der Waals surface area contributed by atoms with Crippen LogP contribution in [0.15, 0.2) is 52.8 Å². The maximum Gasteiger partial charge on any atom is 0.361 e. The van der Waals surface area contributed by atoms with Crippen LogP contribution in [0.3, 0.4) is 0 Å². The van der Waals surface area contributed by atoms with Gasteiger partial charge in [0.2, 0.25) is 0 Å². The van der Waals surface area contributed by atoms with Crippen molar-refractivity contribution in [2.24, 2.45) is 10.2 Å². The van der Waals surface area contributed by atoms with Crippen LogP contribution >= 0.6 is 0 Å². The fourth-order valence-corrected chi connectivity index (χ4v) is 1.84. The van der Waals surface area contributed by atoms with Gasteiger partial charge < -0.3 is 5.32 Å². The van der Waals surface area contributed by atoms with Gasteiger partial charge >= 0.3 is 6.03 Å². The topological polar surface area (TPSA) is 66.7 Å². The van der Waals surface area contributed by atoms with E-state index in [4.69, 9.17) is 0 Å². The van der Waals surface area contributed by atoms with Crippen LogP contribution < -0.4 is 5.32 Å². The summed E-state index contributed by atoms with van der Waals surface area (Å²) in [5.41, 5.74) is 2.46. The lowest BCUT2D eigenvalue weighted by atomic mass is 10.0. The molecule has 1 unspecified atom stereocenters. The number of rotatable bonds is 2. The van der Waals surface area contributed by atoms with Crippen LogP contribution in [0.2, 0.25) is 0 Å². The summed E-state index contributed by atoms with van der Waals surface area (Å²) < 4.78 is 0. The van der Waals surface area contributed by atoms with Crippen molar-refractivity contribution in [1.82, 2.24) is 10.3 Å². The monoisotopic (exact) mass is 237 g/mol. The number of carbonyl (C=O) groups is 1. The first-order valence-electron chi connectivity index (χ1n) is 5.48. The molecule has 18 heavy (non-hydrogen) atoms. The van der Waals surface area contributed by atoms with Crippen molar-refractivity contribution < 1.29 is 4.79 Å². The molecule has 1 aliphatic heterocycles. The summed E-state index contributed by atoms with van der Waals surface area (Å²) in [6.07, 6.45) is 1.27. The first kappa shape index (κ1) is 10.6. The molecule has 1 N–H and O–H groups in total. The SMILES string of the molecule is O=C1N=NC(c2ccc[c]c2-c2ccccn2)N1. The number of hydrogen-bond acceptors (Lipinski definition) is 3. The van der Waals surface area contributed by atoms with Crippen molar-refractivity contribution >= 4 is 6.03 Å². The zero-order valence-corrected chi connectivity index (χ0v) is 9.37. The summed E-state index contributed by atoms with van der Waals surface area (Å²) >= 11 is 0. The van der Waals surface area contributed by atoms with E-state index in [2.05, 4.69) is 26.6 Å². The molecule has 5 nitrogen and oxygen atoms in total. The predicted octanol–water partition coefficient (Wildman–Crippen LogP) is 2.72. The standard InChI is InChI=1S/C13H9N4O/c18-13-15-12(16-17-13)10-6-2-1-5-9(10)11-7-3-4-8-14-11/h1-4,6-8,12H,(H,15,18). The van der Waals surface area contributed by atoms with Gasteiger partial charge in [-0.05, 0) is 18.2 Å². The molecule has 2 aromatic rings. The smallest absolute Gasteiger partial charge is 0.307 e. The third kappa shape index (κ3) is 1.86. The molecule has 0 fully saturated rings. The fourth-order valence-electron chi connectivity index (χ4n) is 1.84. The molecule has 0 saturated heterocycles. The lowest BCUT2D eigenvalue weighted by Crippen LogP contribution is -2.18. The van der Waals surface area contributed by atoms with Gasteiger partial charge in [0.05, 0.1) is 5.69 Å². The second kappa shape index (κ2) is 4.37. The van der Waals surface area contributed by atoms with Crippen molar-refractivity contribution in [2.75, 3.05) is 0 Å². The molecule has 2 heterocycles. The Hall–Kier alpha value is -2.56. The Morgan fingerprint density at radius 3 is 2.89 bits per heavy atom. The Kier molecular flexibility index (Phi) is 2.57. The Labute approximate surface area is 104 Å². The minimum atomic E-state index is -0.452. The Bertz CT molecular complexity index is 609. The van der Waals surface area contributed by atoms with Crippen molar-refractivity contribution in [1.29, 1.82) is 0 Å². The highest BCUT2D eigenvalue weighted by molar-refractivity contribution is 5.77. The van der Waals surface area contributed by atoms with Crippen LogP contribution in [-0.2, 0) is 0 Å². The molecule has 2 amide bonds. The van der Waals surface area contributed by atoms with Crippen LogP contribution in [0.25, 0.3) is 11.3 Å². The van der Waals surface area contributed by atoms with Crippen LogP contribution in [0.4, 0.5) is 4.79 Å². The van der Waals surface area contributed by atoms with Crippen molar-refractivity contribution in [2.45, 2.75) is 6.17 Å². The minimum absolute atomic E-state index is 0.421. The Morgan fingerprint density at radius 1 is 1.22 bits per heavy atom. The Balaban J connectivity index is 2.06. The first-order valence-corrected chi connectivity index (χ1v) is 5.48. The lowest BCUT2D eigenvalue weighted by Gasteiger charge is -2.11. The lowest BCUT2D eigenvalue weighted by molar-refractivity contribution is 0.250. The van der Waals surface area contributed by atoms with Gasteiger partial charge in [0.15, 0.2) is 6.17 Å². The number of azo groups is 1.